The number of carbonyl (C=O) groups excluding carboxylic acids is 1. The Bertz CT molecular complexity index is 355. The molecule has 0 saturated heterocycles. The number of hydrogen-bond acceptors (Lipinski definition) is 4. The number of anilines is 1. The second-order valence-corrected chi connectivity index (χ2v) is 3.64. The number of amides is 1. The van der Waals surface area contributed by atoms with E-state index in [1.165, 1.54) is 0 Å². The molecule has 0 fully saturated rings. The van der Waals surface area contributed by atoms with Gasteiger partial charge in [-0.3, -0.25) is 4.79 Å². The summed E-state index contributed by atoms with van der Waals surface area (Å²) in [5.74, 6) is 0.527. The SMILES string of the molecule is COCCOc1ccc(NC(=O)C(C)N)cc1.Cl. The minimum absolute atomic E-state index is 0. The van der Waals surface area contributed by atoms with Crippen LogP contribution in [-0.4, -0.2) is 32.3 Å². The van der Waals surface area contributed by atoms with Crippen LogP contribution in [-0.2, 0) is 9.53 Å². The Balaban J connectivity index is 0.00000289. The first-order valence-electron chi connectivity index (χ1n) is 5.41. The van der Waals surface area contributed by atoms with Crippen molar-refractivity contribution in [1.29, 1.82) is 0 Å². The predicted octanol–water partition coefficient (Wildman–Crippen LogP) is 1.42. The molecule has 1 aromatic carbocycles. The van der Waals surface area contributed by atoms with Gasteiger partial charge >= 0.3 is 0 Å². The molecule has 0 heterocycles. The number of benzene rings is 1. The zero-order valence-corrected chi connectivity index (χ0v) is 11.3. The van der Waals surface area contributed by atoms with E-state index < -0.39 is 6.04 Å². The summed E-state index contributed by atoms with van der Waals surface area (Å²) in [6, 6.07) is 6.58. The zero-order valence-electron chi connectivity index (χ0n) is 10.5. The Morgan fingerprint density at radius 2 is 1.94 bits per heavy atom. The van der Waals surface area contributed by atoms with E-state index in [-0.39, 0.29) is 18.3 Å². The van der Waals surface area contributed by atoms with Gasteiger partial charge in [0.2, 0.25) is 5.91 Å². The molecule has 0 aliphatic carbocycles. The average Bonchev–Trinajstić information content (AvgIpc) is 2.31. The second kappa shape index (κ2) is 8.74. The van der Waals surface area contributed by atoms with Crippen molar-refractivity contribution in [2.75, 3.05) is 25.6 Å². The van der Waals surface area contributed by atoms with Gasteiger partial charge in [0.15, 0.2) is 0 Å². The summed E-state index contributed by atoms with van der Waals surface area (Å²) in [5.41, 5.74) is 6.14. The molecule has 0 aliphatic heterocycles. The maximum atomic E-state index is 11.3. The van der Waals surface area contributed by atoms with Gasteiger partial charge in [-0.15, -0.1) is 12.4 Å². The van der Waals surface area contributed by atoms with Crippen LogP contribution in [0.3, 0.4) is 0 Å². The van der Waals surface area contributed by atoms with E-state index in [1.807, 2.05) is 0 Å². The molecule has 18 heavy (non-hydrogen) atoms. The van der Waals surface area contributed by atoms with Gasteiger partial charge in [-0.05, 0) is 31.2 Å². The number of carbonyl (C=O) groups is 1. The van der Waals surface area contributed by atoms with Gasteiger partial charge in [0.25, 0.3) is 0 Å². The van der Waals surface area contributed by atoms with Gasteiger partial charge in [0, 0.05) is 12.8 Å². The third-order valence-electron chi connectivity index (χ3n) is 2.09. The van der Waals surface area contributed by atoms with Gasteiger partial charge in [-0.2, -0.15) is 0 Å². The van der Waals surface area contributed by atoms with E-state index in [9.17, 15) is 4.79 Å². The minimum Gasteiger partial charge on any atom is -0.491 e. The summed E-state index contributed by atoms with van der Waals surface area (Å²) in [5, 5.41) is 2.69. The van der Waals surface area contributed by atoms with Crippen molar-refractivity contribution < 1.29 is 14.3 Å². The number of nitrogens with two attached hydrogens (primary N) is 1. The molecule has 0 spiro atoms. The third kappa shape index (κ3) is 5.86. The molecular weight excluding hydrogens is 256 g/mol. The fourth-order valence-electron chi connectivity index (χ4n) is 1.13. The first-order chi connectivity index (χ1) is 8.13. The third-order valence-corrected chi connectivity index (χ3v) is 2.09. The van der Waals surface area contributed by atoms with Gasteiger partial charge in [0.1, 0.15) is 12.4 Å². The van der Waals surface area contributed by atoms with Crippen molar-refractivity contribution in [3.05, 3.63) is 24.3 Å². The quantitative estimate of drug-likeness (QED) is 0.770. The fourth-order valence-corrected chi connectivity index (χ4v) is 1.13. The standard InChI is InChI=1S/C12H18N2O3.ClH/c1-9(13)12(15)14-10-3-5-11(6-4-10)17-8-7-16-2;/h3-6,9H,7-8,13H2,1-2H3,(H,14,15);1H. The molecular formula is C12H19ClN2O3. The van der Waals surface area contributed by atoms with E-state index in [4.69, 9.17) is 15.2 Å². The fraction of sp³-hybridized carbons (Fsp3) is 0.417. The smallest absolute Gasteiger partial charge is 0.240 e. The zero-order chi connectivity index (χ0) is 12.7. The van der Waals surface area contributed by atoms with Crippen LogP contribution in [0.15, 0.2) is 24.3 Å². The molecule has 1 unspecified atom stereocenters. The van der Waals surface area contributed by atoms with E-state index in [1.54, 1.807) is 38.3 Å². The van der Waals surface area contributed by atoms with E-state index >= 15 is 0 Å². The highest BCUT2D eigenvalue weighted by atomic mass is 35.5. The molecule has 5 nitrogen and oxygen atoms in total. The second-order valence-electron chi connectivity index (χ2n) is 3.64. The lowest BCUT2D eigenvalue weighted by atomic mass is 10.2. The van der Waals surface area contributed by atoms with Crippen LogP contribution in [0.4, 0.5) is 5.69 Å². The minimum atomic E-state index is -0.521. The normalized spacial score (nSPS) is 11.3. The highest BCUT2D eigenvalue weighted by Crippen LogP contribution is 2.15. The largest absolute Gasteiger partial charge is 0.491 e. The predicted molar refractivity (Wildman–Crippen MR) is 73.3 cm³/mol. The first kappa shape index (κ1) is 16.7. The van der Waals surface area contributed by atoms with Crippen LogP contribution in [0.2, 0.25) is 0 Å². The molecule has 102 valence electrons. The lowest BCUT2D eigenvalue weighted by Gasteiger charge is -2.09. The van der Waals surface area contributed by atoms with E-state index in [2.05, 4.69) is 5.32 Å². The lowest BCUT2D eigenvalue weighted by Crippen LogP contribution is -2.32. The van der Waals surface area contributed by atoms with E-state index in [0.29, 0.717) is 18.9 Å². The molecule has 0 aromatic heterocycles. The molecule has 6 heteroatoms. The molecule has 0 saturated carbocycles. The Hall–Kier alpha value is -1.30. The number of halogens is 1. The molecule has 0 bridgehead atoms. The highest BCUT2D eigenvalue weighted by Gasteiger charge is 2.06. The van der Waals surface area contributed by atoms with Crippen molar-refractivity contribution in [2.45, 2.75) is 13.0 Å². The van der Waals surface area contributed by atoms with Crippen LogP contribution in [0.5, 0.6) is 5.75 Å². The van der Waals surface area contributed by atoms with Crippen molar-refractivity contribution >= 4 is 24.0 Å². The van der Waals surface area contributed by atoms with Crippen LogP contribution in [0, 0.1) is 0 Å². The van der Waals surface area contributed by atoms with E-state index in [0.717, 1.165) is 5.75 Å². The number of nitrogens with one attached hydrogen (secondary N) is 1. The molecule has 1 amide bonds. The summed E-state index contributed by atoms with van der Waals surface area (Å²) < 4.78 is 10.3. The summed E-state index contributed by atoms with van der Waals surface area (Å²) in [6.45, 7) is 2.68. The molecule has 1 atom stereocenters. The number of rotatable bonds is 6. The van der Waals surface area contributed by atoms with Crippen molar-refractivity contribution in [3.63, 3.8) is 0 Å². The number of hydrogen-bond donors (Lipinski definition) is 2. The maximum absolute atomic E-state index is 11.3. The molecule has 0 aliphatic rings. The van der Waals surface area contributed by atoms with Crippen molar-refractivity contribution in [1.82, 2.24) is 0 Å². The van der Waals surface area contributed by atoms with Crippen LogP contribution >= 0.6 is 12.4 Å². The highest BCUT2D eigenvalue weighted by molar-refractivity contribution is 5.94. The topological polar surface area (TPSA) is 73.6 Å². The lowest BCUT2D eigenvalue weighted by molar-refractivity contribution is -0.117. The Kier molecular flexibility index (Phi) is 8.11. The van der Waals surface area contributed by atoms with Crippen molar-refractivity contribution in [2.24, 2.45) is 5.73 Å². The maximum Gasteiger partial charge on any atom is 0.240 e. The summed E-state index contributed by atoms with van der Waals surface area (Å²) >= 11 is 0. The molecule has 1 aromatic rings. The number of methoxy groups -OCH3 is 1. The van der Waals surface area contributed by atoms with Crippen molar-refractivity contribution in [3.8, 4) is 5.75 Å². The monoisotopic (exact) mass is 274 g/mol. The van der Waals surface area contributed by atoms with Gasteiger partial charge in [-0.1, -0.05) is 0 Å². The Morgan fingerprint density at radius 3 is 2.44 bits per heavy atom. The van der Waals surface area contributed by atoms with Gasteiger partial charge < -0.3 is 20.5 Å². The first-order valence-corrected chi connectivity index (χ1v) is 5.41. The van der Waals surface area contributed by atoms with Crippen LogP contribution in [0.25, 0.3) is 0 Å². The summed E-state index contributed by atoms with van der Waals surface area (Å²) in [7, 11) is 1.62. The van der Waals surface area contributed by atoms with Gasteiger partial charge in [-0.25, -0.2) is 0 Å². The summed E-state index contributed by atoms with van der Waals surface area (Å²) in [4.78, 5) is 11.3. The summed E-state index contributed by atoms with van der Waals surface area (Å²) in [6.07, 6.45) is 0. The average molecular weight is 275 g/mol. The molecule has 3 N–H and O–H groups in total. The Labute approximate surface area is 113 Å². The van der Waals surface area contributed by atoms with Gasteiger partial charge in [0.05, 0.1) is 12.6 Å². The number of ether oxygens (including phenoxy) is 2. The Morgan fingerprint density at radius 1 is 1.33 bits per heavy atom. The van der Waals surface area contributed by atoms with Crippen LogP contribution < -0.4 is 15.8 Å². The molecule has 1 rings (SSSR count). The molecule has 0 radical (unpaired) electrons. The van der Waals surface area contributed by atoms with Crippen LogP contribution in [0.1, 0.15) is 6.92 Å².